The smallest absolute Gasteiger partial charge is 0.227 e. The van der Waals surface area contributed by atoms with E-state index in [9.17, 15) is 4.79 Å². The molecule has 7 nitrogen and oxygen atoms in total. The number of para-hydroxylation sites is 2. The number of amides is 1. The molecule has 0 fully saturated rings. The van der Waals surface area contributed by atoms with E-state index in [0.29, 0.717) is 23.0 Å². The van der Waals surface area contributed by atoms with Crippen LogP contribution in [-0.4, -0.2) is 34.4 Å². The number of hydrogen-bond acceptors (Lipinski definition) is 5. The van der Waals surface area contributed by atoms with Crippen LogP contribution >= 0.6 is 0 Å². The quantitative estimate of drug-likeness (QED) is 0.716. The van der Waals surface area contributed by atoms with Gasteiger partial charge < -0.3 is 14.8 Å². The Bertz CT molecular complexity index is 834. The molecule has 1 N–H and O–H groups in total. The number of carbonyl (C=O) groups is 1. The van der Waals surface area contributed by atoms with Crippen molar-refractivity contribution in [2.45, 2.75) is 6.42 Å². The minimum absolute atomic E-state index is 0.170. The zero-order valence-electron chi connectivity index (χ0n) is 13.8. The highest BCUT2D eigenvalue weighted by molar-refractivity contribution is 5.92. The Morgan fingerprint density at radius 3 is 2.72 bits per heavy atom. The molecular weight excluding hydrogens is 320 g/mol. The summed E-state index contributed by atoms with van der Waals surface area (Å²) in [5.41, 5.74) is 0.591. The summed E-state index contributed by atoms with van der Waals surface area (Å²) in [5.74, 6) is 1.63. The van der Waals surface area contributed by atoms with E-state index in [4.69, 9.17) is 9.47 Å². The fourth-order valence-electron chi connectivity index (χ4n) is 2.28. The summed E-state index contributed by atoms with van der Waals surface area (Å²) >= 11 is 0. The first kappa shape index (κ1) is 16.5. The van der Waals surface area contributed by atoms with Crippen LogP contribution in [0, 0.1) is 0 Å². The third-order valence-corrected chi connectivity index (χ3v) is 3.44. The van der Waals surface area contributed by atoms with E-state index in [1.807, 2.05) is 12.1 Å². The SMILES string of the molecule is COc1ccccc1OCCC(=O)Nc1cccnc1-n1cccn1. The number of nitrogens with one attached hydrogen (secondary N) is 1. The fourth-order valence-corrected chi connectivity index (χ4v) is 2.28. The molecular formula is C18H18N4O3. The van der Waals surface area contributed by atoms with E-state index in [2.05, 4.69) is 15.4 Å². The van der Waals surface area contributed by atoms with Crippen LogP contribution in [0.25, 0.3) is 5.82 Å². The summed E-state index contributed by atoms with van der Waals surface area (Å²) < 4.78 is 12.4. The summed E-state index contributed by atoms with van der Waals surface area (Å²) in [6, 6.07) is 12.6. The average molecular weight is 338 g/mol. The van der Waals surface area contributed by atoms with Gasteiger partial charge in [0.05, 0.1) is 25.8 Å². The molecule has 2 aromatic heterocycles. The molecule has 0 saturated carbocycles. The monoisotopic (exact) mass is 338 g/mol. The number of pyridine rings is 1. The minimum Gasteiger partial charge on any atom is -0.493 e. The van der Waals surface area contributed by atoms with Crippen LogP contribution in [0.3, 0.4) is 0 Å². The second kappa shape index (κ2) is 7.96. The van der Waals surface area contributed by atoms with Gasteiger partial charge in [-0.15, -0.1) is 0 Å². The number of ether oxygens (including phenoxy) is 2. The summed E-state index contributed by atoms with van der Waals surface area (Å²) in [4.78, 5) is 16.5. The van der Waals surface area contributed by atoms with Crippen molar-refractivity contribution in [2.24, 2.45) is 0 Å². The Morgan fingerprint density at radius 1 is 1.12 bits per heavy atom. The Morgan fingerprint density at radius 2 is 1.96 bits per heavy atom. The largest absolute Gasteiger partial charge is 0.493 e. The van der Waals surface area contributed by atoms with Crippen molar-refractivity contribution in [1.29, 1.82) is 0 Å². The molecule has 0 aliphatic heterocycles. The third kappa shape index (κ3) is 4.14. The molecule has 3 rings (SSSR count). The first-order valence-electron chi connectivity index (χ1n) is 7.78. The molecule has 128 valence electrons. The lowest BCUT2D eigenvalue weighted by molar-refractivity contribution is -0.116. The molecule has 0 aliphatic rings. The van der Waals surface area contributed by atoms with Crippen LogP contribution in [-0.2, 0) is 4.79 Å². The van der Waals surface area contributed by atoms with Gasteiger partial charge in [-0.2, -0.15) is 5.10 Å². The molecule has 1 amide bonds. The summed E-state index contributed by atoms with van der Waals surface area (Å²) in [7, 11) is 1.58. The Balaban J connectivity index is 1.59. The lowest BCUT2D eigenvalue weighted by Gasteiger charge is -2.11. The Kier molecular flexibility index (Phi) is 5.26. The van der Waals surface area contributed by atoms with Crippen molar-refractivity contribution in [3.05, 3.63) is 61.1 Å². The van der Waals surface area contributed by atoms with E-state index in [0.717, 1.165) is 0 Å². The molecule has 0 spiro atoms. The van der Waals surface area contributed by atoms with Gasteiger partial charge in [0, 0.05) is 18.6 Å². The second-order valence-electron chi connectivity index (χ2n) is 5.12. The van der Waals surface area contributed by atoms with Gasteiger partial charge in [0.2, 0.25) is 5.91 Å². The van der Waals surface area contributed by atoms with Crippen molar-refractivity contribution in [3.63, 3.8) is 0 Å². The van der Waals surface area contributed by atoms with Crippen LogP contribution in [0.15, 0.2) is 61.1 Å². The van der Waals surface area contributed by atoms with Crippen LogP contribution in [0.1, 0.15) is 6.42 Å². The number of methoxy groups -OCH3 is 1. The third-order valence-electron chi connectivity index (χ3n) is 3.44. The first-order chi connectivity index (χ1) is 12.3. The van der Waals surface area contributed by atoms with Crippen molar-refractivity contribution >= 4 is 11.6 Å². The first-order valence-corrected chi connectivity index (χ1v) is 7.78. The molecule has 0 aliphatic carbocycles. The van der Waals surface area contributed by atoms with E-state index in [1.165, 1.54) is 0 Å². The summed E-state index contributed by atoms with van der Waals surface area (Å²) in [6.45, 7) is 0.240. The highest BCUT2D eigenvalue weighted by atomic mass is 16.5. The normalized spacial score (nSPS) is 10.3. The van der Waals surface area contributed by atoms with Gasteiger partial charge in [-0.1, -0.05) is 12.1 Å². The molecule has 2 heterocycles. The summed E-state index contributed by atoms with van der Waals surface area (Å²) in [5, 5.41) is 6.98. The van der Waals surface area contributed by atoms with Crippen LogP contribution in [0.2, 0.25) is 0 Å². The second-order valence-corrected chi connectivity index (χ2v) is 5.12. The zero-order valence-corrected chi connectivity index (χ0v) is 13.8. The molecule has 0 saturated heterocycles. The predicted molar refractivity (Wildman–Crippen MR) is 93.1 cm³/mol. The van der Waals surface area contributed by atoms with Gasteiger partial charge in [-0.05, 0) is 30.3 Å². The number of rotatable bonds is 7. The van der Waals surface area contributed by atoms with Gasteiger partial charge in [0.1, 0.15) is 0 Å². The predicted octanol–water partition coefficient (Wildman–Crippen LogP) is 2.68. The number of aromatic nitrogens is 3. The maximum Gasteiger partial charge on any atom is 0.227 e. The van der Waals surface area contributed by atoms with Crippen LogP contribution in [0.4, 0.5) is 5.69 Å². The fraction of sp³-hybridized carbons (Fsp3) is 0.167. The Hall–Kier alpha value is -3.35. The average Bonchev–Trinajstić information content (AvgIpc) is 3.17. The standard InChI is InChI=1S/C18H18N4O3/c1-24-15-7-2-3-8-16(15)25-13-9-17(23)21-14-6-4-10-19-18(14)22-12-5-11-20-22/h2-8,10-12H,9,13H2,1H3,(H,21,23). The molecule has 0 radical (unpaired) electrons. The number of anilines is 1. The number of hydrogen-bond donors (Lipinski definition) is 1. The van der Waals surface area contributed by atoms with Gasteiger partial charge in [0.25, 0.3) is 0 Å². The molecule has 0 atom stereocenters. The minimum atomic E-state index is -0.170. The highest BCUT2D eigenvalue weighted by Gasteiger charge is 2.10. The molecule has 1 aromatic carbocycles. The molecule has 7 heteroatoms. The lowest BCUT2D eigenvalue weighted by atomic mass is 10.3. The van der Waals surface area contributed by atoms with E-state index in [-0.39, 0.29) is 18.9 Å². The maximum atomic E-state index is 12.2. The number of nitrogens with zero attached hydrogens (tertiary/aromatic N) is 3. The molecule has 3 aromatic rings. The van der Waals surface area contributed by atoms with Gasteiger partial charge in [-0.25, -0.2) is 9.67 Å². The molecule has 0 bridgehead atoms. The molecule has 25 heavy (non-hydrogen) atoms. The van der Waals surface area contributed by atoms with Gasteiger partial charge >= 0.3 is 0 Å². The van der Waals surface area contributed by atoms with Gasteiger partial charge in [-0.3, -0.25) is 4.79 Å². The topological polar surface area (TPSA) is 78.3 Å². The van der Waals surface area contributed by atoms with Crippen LogP contribution < -0.4 is 14.8 Å². The van der Waals surface area contributed by atoms with Crippen molar-refractivity contribution in [3.8, 4) is 17.3 Å². The summed E-state index contributed by atoms with van der Waals surface area (Å²) in [6.07, 6.45) is 5.27. The zero-order chi connectivity index (χ0) is 17.5. The number of carbonyl (C=O) groups excluding carboxylic acids is 1. The van der Waals surface area contributed by atoms with E-state index >= 15 is 0 Å². The highest BCUT2D eigenvalue weighted by Crippen LogP contribution is 2.25. The van der Waals surface area contributed by atoms with E-state index in [1.54, 1.807) is 60.7 Å². The van der Waals surface area contributed by atoms with Crippen molar-refractivity contribution in [1.82, 2.24) is 14.8 Å². The number of benzene rings is 1. The Labute approximate surface area is 145 Å². The van der Waals surface area contributed by atoms with Crippen LogP contribution in [0.5, 0.6) is 11.5 Å². The maximum absolute atomic E-state index is 12.2. The van der Waals surface area contributed by atoms with Gasteiger partial charge in [0.15, 0.2) is 17.3 Å². The molecule has 0 unspecified atom stereocenters. The van der Waals surface area contributed by atoms with E-state index < -0.39 is 0 Å². The lowest BCUT2D eigenvalue weighted by Crippen LogP contribution is -2.17. The van der Waals surface area contributed by atoms with Crippen molar-refractivity contribution < 1.29 is 14.3 Å². The van der Waals surface area contributed by atoms with Crippen molar-refractivity contribution in [2.75, 3.05) is 19.0 Å².